The summed E-state index contributed by atoms with van der Waals surface area (Å²) in [6, 6.07) is 14.5. The van der Waals surface area contributed by atoms with Gasteiger partial charge in [0, 0.05) is 6.08 Å². The van der Waals surface area contributed by atoms with Crippen molar-refractivity contribution in [3.05, 3.63) is 65.7 Å². The Balaban J connectivity index is 1.73. The fourth-order valence-electron chi connectivity index (χ4n) is 2.30. The molecule has 0 fully saturated rings. The number of hydrogen-bond donors (Lipinski definition) is 3. The molecule has 0 bridgehead atoms. The highest BCUT2D eigenvalue weighted by molar-refractivity contribution is 7.80. The van der Waals surface area contributed by atoms with Crippen molar-refractivity contribution in [2.45, 2.75) is 13.3 Å². The molecule has 2 aromatic carbocycles. The first-order valence-electron chi connectivity index (χ1n) is 8.94. The molecule has 8 heteroatoms. The van der Waals surface area contributed by atoms with Gasteiger partial charge in [0.2, 0.25) is 11.8 Å². The van der Waals surface area contributed by atoms with Gasteiger partial charge >= 0.3 is 0 Å². The molecule has 0 saturated carbocycles. The van der Waals surface area contributed by atoms with E-state index in [0.717, 1.165) is 22.6 Å². The fraction of sp³-hybridized carbons (Fsp3) is 0.190. The molecule has 3 N–H and O–H groups in total. The molecule has 0 aliphatic heterocycles. The Bertz CT molecular complexity index is 864. The topological polar surface area (TPSA) is 88.7 Å². The van der Waals surface area contributed by atoms with E-state index in [1.54, 1.807) is 37.5 Å². The fourth-order valence-corrected chi connectivity index (χ4v) is 2.45. The van der Waals surface area contributed by atoms with Gasteiger partial charge in [0.25, 0.3) is 0 Å². The van der Waals surface area contributed by atoms with Gasteiger partial charge in [0.1, 0.15) is 11.5 Å². The molecule has 0 aliphatic rings. The third-order valence-corrected chi connectivity index (χ3v) is 3.90. The number of hydrogen-bond acceptors (Lipinski definition) is 5. The van der Waals surface area contributed by atoms with E-state index in [1.165, 1.54) is 6.08 Å². The van der Waals surface area contributed by atoms with E-state index in [9.17, 15) is 9.59 Å². The average molecular weight is 413 g/mol. The maximum atomic E-state index is 11.9. The number of hydrazine groups is 1. The summed E-state index contributed by atoms with van der Waals surface area (Å²) in [6.45, 7) is 2.51. The summed E-state index contributed by atoms with van der Waals surface area (Å²) >= 11 is 5.00. The zero-order valence-corrected chi connectivity index (χ0v) is 17.0. The Hall–Kier alpha value is -3.39. The SMILES string of the molecule is CCOc1ccc(/C=C/C(=O)NC(=S)NNC(=O)Cc2ccc(OC)cc2)cc1. The van der Waals surface area contributed by atoms with Crippen LogP contribution in [0.2, 0.25) is 0 Å². The third kappa shape index (κ3) is 8.02. The minimum atomic E-state index is -0.416. The molecule has 0 aliphatic carbocycles. The zero-order valence-electron chi connectivity index (χ0n) is 16.2. The molecular formula is C21H23N3O4S. The van der Waals surface area contributed by atoms with Crippen LogP contribution < -0.4 is 25.6 Å². The average Bonchev–Trinajstić information content (AvgIpc) is 2.72. The van der Waals surface area contributed by atoms with Gasteiger partial charge in [0.05, 0.1) is 20.1 Å². The van der Waals surface area contributed by atoms with Crippen molar-refractivity contribution in [3.63, 3.8) is 0 Å². The van der Waals surface area contributed by atoms with Crippen molar-refractivity contribution >= 4 is 35.2 Å². The van der Waals surface area contributed by atoms with E-state index in [1.807, 2.05) is 31.2 Å². The number of benzene rings is 2. The number of nitrogens with one attached hydrogen (secondary N) is 3. The van der Waals surface area contributed by atoms with Crippen LogP contribution in [0.3, 0.4) is 0 Å². The maximum Gasteiger partial charge on any atom is 0.250 e. The Morgan fingerprint density at radius 2 is 1.66 bits per heavy atom. The summed E-state index contributed by atoms with van der Waals surface area (Å²) in [5.74, 6) is 0.775. The molecule has 0 aromatic heterocycles. The van der Waals surface area contributed by atoms with Crippen molar-refractivity contribution in [2.24, 2.45) is 0 Å². The molecule has 0 unspecified atom stereocenters. The number of carbonyl (C=O) groups is 2. The van der Waals surface area contributed by atoms with Crippen molar-refractivity contribution in [1.29, 1.82) is 0 Å². The van der Waals surface area contributed by atoms with Gasteiger partial charge in [-0.05, 0) is 60.6 Å². The molecule has 0 radical (unpaired) electrons. The number of methoxy groups -OCH3 is 1. The molecule has 0 heterocycles. The largest absolute Gasteiger partial charge is 0.497 e. The number of ether oxygens (including phenoxy) is 2. The van der Waals surface area contributed by atoms with E-state index in [-0.39, 0.29) is 17.4 Å². The lowest BCUT2D eigenvalue weighted by atomic mass is 10.1. The summed E-state index contributed by atoms with van der Waals surface area (Å²) < 4.78 is 10.4. The first-order valence-corrected chi connectivity index (χ1v) is 9.34. The molecule has 0 atom stereocenters. The molecule has 2 rings (SSSR count). The van der Waals surface area contributed by atoms with Crippen LogP contribution in [0.25, 0.3) is 6.08 Å². The summed E-state index contributed by atoms with van der Waals surface area (Å²) in [4.78, 5) is 23.9. The Labute approximate surface area is 175 Å². The van der Waals surface area contributed by atoms with Gasteiger partial charge in [-0.15, -0.1) is 0 Å². The summed E-state index contributed by atoms with van der Waals surface area (Å²) in [5.41, 5.74) is 6.60. The van der Waals surface area contributed by atoms with Crippen LogP contribution >= 0.6 is 12.2 Å². The van der Waals surface area contributed by atoms with Crippen LogP contribution in [-0.4, -0.2) is 30.6 Å². The zero-order chi connectivity index (χ0) is 21.1. The van der Waals surface area contributed by atoms with Crippen LogP contribution in [0.4, 0.5) is 0 Å². The first-order chi connectivity index (χ1) is 14.0. The van der Waals surface area contributed by atoms with Crippen LogP contribution in [-0.2, 0) is 16.0 Å². The summed E-state index contributed by atoms with van der Waals surface area (Å²) in [7, 11) is 1.58. The van der Waals surface area contributed by atoms with Crippen molar-refractivity contribution in [2.75, 3.05) is 13.7 Å². The molecule has 2 aromatic rings. The lowest BCUT2D eigenvalue weighted by Gasteiger charge is -2.10. The van der Waals surface area contributed by atoms with E-state index in [0.29, 0.717) is 6.61 Å². The molecule has 2 amide bonds. The third-order valence-electron chi connectivity index (χ3n) is 3.69. The van der Waals surface area contributed by atoms with E-state index in [4.69, 9.17) is 21.7 Å². The monoisotopic (exact) mass is 413 g/mol. The van der Waals surface area contributed by atoms with Crippen LogP contribution in [0, 0.1) is 0 Å². The Kier molecular flexibility index (Phi) is 8.65. The second kappa shape index (κ2) is 11.5. The van der Waals surface area contributed by atoms with Gasteiger partial charge in [0.15, 0.2) is 5.11 Å². The van der Waals surface area contributed by atoms with Crippen LogP contribution in [0.1, 0.15) is 18.1 Å². The minimum absolute atomic E-state index is 0.00516. The van der Waals surface area contributed by atoms with Crippen molar-refractivity contribution in [1.82, 2.24) is 16.2 Å². The molecular weight excluding hydrogens is 390 g/mol. The second-order valence-corrected chi connectivity index (χ2v) is 6.26. The summed E-state index contributed by atoms with van der Waals surface area (Å²) in [5, 5.41) is 2.45. The summed E-state index contributed by atoms with van der Waals surface area (Å²) in [6.07, 6.45) is 3.16. The molecule has 0 saturated heterocycles. The van der Waals surface area contributed by atoms with E-state index >= 15 is 0 Å². The van der Waals surface area contributed by atoms with Gasteiger partial charge in [-0.2, -0.15) is 0 Å². The lowest BCUT2D eigenvalue weighted by molar-refractivity contribution is -0.121. The Morgan fingerprint density at radius 1 is 1.00 bits per heavy atom. The van der Waals surface area contributed by atoms with E-state index in [2.05, 4.69) is 16.2 Å². The van der Waals surface area contributed by atoms with Gasteiger partial charge < -0.3 is 9.47 Å². The minimum Gasteiger partial charge on any atom is -0.497 e. The van der Waals surface area contributed by atoms with Crippen molar-refractivity contribution < 1.29 is 19.1 Å². The highest BCUT2D eigenvalue weighted by Gasteiger charge is 2.05. The number of amides is 2. The predicted octanol–water partition coefficient (Wildman–Crippen LogP) is 2.37. The smallest absolute Gasteiger partial charge is 0.250 e. The standard InChI is InChI=1S/C21H23N3O4S/c1-3-28-18-11-4-15(5-12-18)8-13-19(25)22-21(29)24-23-20(26)14-16-6-9-17(27-2)10-7-16/h4-13H,3,14H2,1-2H3,(H,23,26)(H2,22,24,25,29)/b13-8+. The van der Waals surface area contributed by atoms with Gasteiger partial charge in [-0.25, -0.2) is 0 Å². The molecule has 7 nitrogen and oxygen atoms in total. The normalized spacial score (nSPS) is 10.3. The quantitative estimate of drug-likeness (QED) is 0.367. The second-order valence-electron chi connectivity index (χ2n) is 5.85. The highest BCUT2D eigenvalue weighted by atomic mass is 32.1. The van der Waals surface area contributed by atoms with E-state index < -0.39 is 5.91 Å². The first kappa shape index (κ1) is 21.9. The van der Waals surface area contributed by atoms with Gasteiger partial charge in [-0.1, -0.05) is 24.3 Å². The maximum absolute atomic E-state index is 11.9. The predicted molar refractivity (Wildman–Crippen MR) is 115 cm³/mol. The number of rotatable bonds is 7. The van der Waals surface area contributed by atoms with Crippen molar-refractivity contribution in [3.8, 4) is 11.5 Å². The molecule has 0 spiro atoms. The van der Waals surface area contributed by atoms with Gasteiger partial charge in [-0.3, -0.25) is 25.8 Å². The Morgan fingerprint density at radius 3 is 2.28 bits per heavy atom. The van der Waals surface area contributed by atoms with Crippen LogP contribution in [0.15, 0.2) is 54.6 Å². The molecule has 29 heavy (non-hydrogen) atoms. The number of thiocarbonyl (C=S) groups is 1. The number of carbonyl (C=O) groups excluding carboxylic acids is 2. The molecule has 152 valence electrons. The lowest BCUT2D eigenvalue weighted by Crippen LogP contribution is -2.48. The van der Waals surface area contributed by atoms with Crippen LogP contribution in [0.5, 0.6) is 11.5 Å². The highest BCUT2D eigenvalue weighted by Crippen LogP contribution is 2.13.